The second-order valence-corrected chi connectivity index (χ2v) is 6.26. The van der Waals surface area contributed by atoms with Crippen molar-refractivity contribution in [2.75, 3.05) is 13.4 Å². The second-order valence-electron chi connectivity index (χ2n) is 4.31. The maximum absolute atomic E-state index is 12.1. The van der Waals surface area contributed by atoms with E-state index in [-0.39, 0.29) is 10.5 Å². The molecule has 0 radical (unpaired) electrons. The number of esters is 1. The first-order chi connectivity index (χ1) is 9.45. The van der Waals surface area contributed by atoms with Gasteiger partial charge in [-0.25, -0.2) is 13.2 Å². The fourth-order valence-electron chi connectivity index (χ4n) is 2.05. The topological polar surface area (TPSA) is 60.4 Å². The highest BCUT2D eigenvalue weighted by Gasteiger charge is 2.23. The lowest BCUT2D eigenvalue weighted by molar-refractivity contribution is 0.0596. The van der Waals surface area contributed by atoms with Crippen LogP contribution in [0.2, 0.25) is 0 Å². The van der Waals surface area contributed by atoms with Crippen LogP contribution in [0.4, 0.5) is 0 Å². The molecule has 0 aromatic heterocycles. The van der Waals surface area contributed by atoms with Gasteiger partial charge in [-0.1, -0.05) is 42.5 Å². The maximum Gasteiger partial charge on any atom is 0.339 e. The van der Waals surface area contributed by atoms with E-state index in [0.29, 0.717) is 5.56 Å². The van der Waals surface area contributed by atoms with Crippen molar-refractivity contribution in [2.45, 2.75) is 4.90 Å². The lowest BCUT2D eigenvalue weighted by Crippen LogP contribution is -2.11. The summed E-state index contributed by atoms with van der Waals surface area (Å²) < 4.78 is 28.8. The normalized spacial score (nSPS) is 11.1. The van der Waals surface area contributed by atoms with Crippen LogP contribution in [0.25, 0.3) is 11.1 Å². The van der Waals surface area contributed by atoms with E-state index in [1.54, 1.807) is 24.3 Å². The number of hydrogen-bond acceptors (Lipinski definition) is 4. The van der Waals surface area contributed by atoms with Crippen LogP contribution < -0.4 is 0 Å². The van der Waals surface area contributed by atoms with Crippen molar-refractivity contribution in [2.24, 2.45) is 0 Å². The molecule has 0 fully saturated rings. The van der Waals surface area contributed by atoms with Crippen LogP contribution in [0.3, 0.4) is 0 Å². The van der Waals surface area contributed by atoms with E-state index in [4.69, 9.17) is 0 Å². The number of methoxy groups -OCH3 is 1. The summed E-state index contributed by atoms with van der Waals surface area (Å²) in [5, 5.41) is 0. The van der Waals surface area contributed by atoms with Crippen LogP contribution in [-0.4, -0.2) is 27.8 Å². The molecular weight excluding hydrogens is 276 g/mol. The molecule has 104 valence electrons. The van der Waals surface area contributed by atoms with Gasteiger partial charge in [0, 0.05) is 11.8 Å². The first-order valence-electron chi connectivity index (χ1n) is 5.92. The van der Waals surface area contributed by atoms with Crippen molar-refractivity contribution < 1.29 is 17.9 Å². The highest BCUT2D eigenvalue weighted by atomic mass is 32.2. The van der Waals surface area contributed by atoms with E-state index < -0.39 is 15.8 Å². The van der Waals surface area contributed by atoms with E-state index in [9.17, 15) is 13.2 Å². The van der Waals surface area contributed by atoms with Gasteiger partial charge in [-0.3, -0.25) is 0 Å². The largest absolute Gasteiger partial charge is 0.465 e. The zero-order valence-corrected chi connectivity index (χ0v) is 12.0. The molecule has 2 aromatic carbocycles. The van der Waals surface area contributed by atoms with Crippen molar-refractivity contribution in [3.63, 3.8) is 0 Å². The summed E-state index contributed by atoms with van der Waals surface area (Å²) in [4.78, 5) is 11.8. The third-order valence-corrected chi connectivity index (χ3v) is 4.06. The van der Waals surface area contributed by atoms with Crippen LogP contribution in [0.5, 0.6) is 0 Å². The molecule has 0 bridgehead atoms. The summed E-state index contributed by atoms with van der Waals surface area (Å²) in [7, 11) is -2.34. The lowest BCUT2D eigenvalue weighted by Gasteiger charge is -2.12. The molecule has 20 heavy (non-hydrogen) atoms. The van der Waals surface area contributed by atoms with Gasteiger partial charge in [0.1, 0.15) is 0 Å². The highest BCUT2D eigenvalue weighted by Crippen LogP contribution is 2.30. The summed E-state index contributed by atoms with van der Waals surface area (Å²) in [5.74, 6) is -0.664. The quantitative estimate of drug-likeness (QED) is 0.815. The summed E-state index contributed by atoms with van der Waals surface area (Å²) in [6.45, 7) is 0. The van der Waals surface area contributed by atoms with Gasteiger partial charge in [-0.15, -0.1) is 0 Å². The van der Waals surface area contributed by atoms with E-state index in [1.807, 2.05) is 18.2 Å². The van der Waals surface area contributed by atoms with Crippen LogP contribution in [0.15, 0.2) is 53.4 Å². The summed E-state index contributed by atoms with van der Waals surface area (Å²) in [6.07, 6.45) is 1.08. The molecule has 5 heteroatoms. The molecule has 2 aromatic rings. The molecular formula is C15H14O4S. The first-order valence-corrected chi connectivity index (χ1v) is 7.81. The number of ether oxygens (including phenoxy) is 1. The van der Waals surface area contributed by atoms with Crippen molar-refractivity contribution in [1.29, 1.82) is 0 Å². The Bertz CT molecular complexity index is 734. The van der Waals surface area contributed by atoms with Gasteiger partial charge in [0.2, 0.25) is 0 Å². The third-order valence-electron chi connectivity index (χ3n) is 2.88. The highest BCUT2D eigenvalue weighted by molar-refractivity contribution is 7.91. The molecule has 0 saturated heterocycles. The molecule has 4 nitrogen and oxygen atoms in total. The predicted octanol–water partition coefficient (Wildman–Crippen LogP) is 2.54. The number of sulfone groups is 1. The summed E-state index contributed by atoms with van der Waals surface area (Å²) in [5.41, 5.74) is 1.28. The van der Waals surface area contributed by atoms with Crippen LogP contribution in [0.1, 0.15) is 10.4 Å². The van der Waals surface area contributed by atoms with Gasteiger partial charge in [0.05, 0.1) is 17.6 Å². The molecule has 0 spiro atoms. The number of rotatable bonds is 3. The zero-order chi connectivity index (χ0) is 14.8. The van der Waals surface area contributed by atoms with E-state index in [0.717, 1.165) is 11.8 Å². The van der Waals surface area contributed by atoms with Crippen molar-refractivity contribution in [3.05, 3.63) is 54.1 Å². The van der Waals surface area contributed by atoms with Crippen molar-refractivity contribution in [1.82, 2.24) is 0 Å². The molecule has 0 atom stereocenters. The number of benzene rings is 2. The average molecular weight is 290 g/mol. The lowest BCUT2D eigenvalue weighted by atomic mass is 10.0. The Hall–Kier alpha value is -2.14. The molecule has 0 heterocycles. The van der Waals surface area contributed by atoms with Crippen LogP contribution in [0, 0.1) is 0 Å². The molecule has 0 unspecified atom stereocenters. The fraction of sp³-hybridized carbons (Fsp3) is 0.133. The molecule has 0 saturated carbocycles. The Morgan fingerprint density at radius 1 is 1.00 bits per heavy atom. The predicted molar refractivity (Wildman–Crippen MR) is 76.3 cm³/mol. The summed E-state index contributed by atoms with van der Waals surface area (Å²) in [6, 6.07) is 13.8. The third kappa shape index (κ3) is 2.72. The number of carbonyl (C=O) groups is 1. The molecule has 0 aliphatic carbocycles. The Balaban J connectivity index is 2.80. The van der Waals surface area contributed by atoms with Crippen molar-refractivity contribution in [3.8, 4) is 11.1 Å². The Morgan fingerprint density at radius 3 is 2.20 bits per heavy atom. The standard InChI is InChI=1S/C15H14O4S/c1-19-15(16)13-10-6-9-12(14(13)20(2,17)18)11-7-4-3-5-8-11/h3-10H,1-2H3. The molecule has 0 aliphatic heterocycles. The SMILES string of the molecule is COC(=O)c1cccc(-c2ccccc2)c1S(C)(=O)=O. The monoisotopic (exact) mass is 290 g/mol. The van der Waals surface area contributed by atoms with Gasteiger partial charge < -0.3 is 4.74 Å². The summed E-state index contributed by atoms with van der Waals surface area (Å²) >= 11 is 0. The van der Waals surface area contributed by atoms with Crippen LogP contribution in [-0.2, 0) is 14.6 Å². The second kappa shape index (κ2) is 5.46. The minimum absolute atomic E-state index is 0.00181. The minimum atomic E-state index is -3.57. The fourth-order valence-corrected chi connectivity index (χ4v) is 3.19. The van der Waals surface area contributed by atoms with Crippen molar-refractivity contribution >= 4 is 15.8 Å². The molecule has 0 amide bonds. The van der Waals surface area contributed by atoms with Gasteiger partial charge in [0.15, 0.2) is 9.84 Å². The smallest absolute Gasteiger partial charge is 0.339 e. The first kappa shape index (κ1) is 14.3. The zero-order valence-electron chi connectivity index (χ0n) is 11.2. The molecule has 2 rings (SSSR count). The van der Waals surface area contributed by atoms with E-state index in [2.05, 4.69) is 4.74 Å². The Kier molecular flexibility index (Phi) is 3.90. The van der Waals surface area contributed by atoms with E-state index in [1.165, 1.54) is 13.2 Å². The van der Waals surface area contributed by atoms with Gasteiger partial charge in [-0.2, -0.15) is 0 Å². The molecule has 0 N–H and O–H groups in total. The molecule has 0 aliphatic rings. The Morgan fingerprint density at radius 2 is 1.65 bits per heavy atom. The minimum Gasteiger partial charge on any atom is -0.465 e. The Labute approximate surface area is 117 Å². The van der Waals surface area contributed by atoms with Gasteiger partial charge in [-0.05, 0) is 11.6 Å². The average Bonchev–Trinajstić information content (AvgIpc) is 2.45. The van der Waals surface area contributed by atoms with Gasteiger partial charge in [0.25, 0.3) is 0 Å². The van der Waals surface area contributed by atoms with E-state index >= 15 is 0 Å². The van der Waals surface area contributed by atoms with Crippen LogP contribution >= 0.6 is 0 Å². The number of hydrogen-bond donors (Lipinski definition) is 0. The number of carbonyl (C=O) groups excluding carboxylic acids is 1. The maximum atomic E-state index is 12.1. The van der Waals surface area contributed by atoms with Gasteiger partial charge >= 0.3 is 5.97 Å².